The maximum absolute atomic E-state index is 10.8. The monoisotopic (exact) mass is 348 g/mol. The van der Waals surface area contributed by atoms with Crippen LogP contribution in [0.4, 0.5) is 0 Å². The Bertz CT molecular complexity index is 924. The van der Waals surface area contributed by atoms with Crippen molar-refractivity contribution in [3.63, 3.8) is 0 Å². The standard InChI is InChI=1S/C23H28N2O/c1-16-10-11-21-18(13-16)19-14-23(2,24)12-6-9-20(19)25(21)15-22(26)17-7-4-3-5-8-17/h3-5,7-8,10-11,13,22,26H,6,9,12,14-15,24H2,1-2H3. The molecule has 0 bridgehead atoms. The van der Waals surface area contributed by atoms with Crippen LogP contribution in [0.1, 0.15) is 48.3 Å². The van der Waals surface area contributed by atoms with E-state index in [-0.39, 0.29) is 5.54 Å². The maximum Gasteiger partial charge on any atom is 0.0969 e. The van der Waals surface area contributed by atoms with Gasteiger partial charge < -0.3 is 15.4 Å². The maximum atomic E-state index is 10.8. The van der Waals surface area contributed by atoms with Crippen LogP contribution in [0.15, 0.2) is 48.5 Å². The molecule has 4 rings (SSSR count). The van der Waals surface area contributed by atoms with Crippen LogP contribution >= 0.6 is 0 Å². The lowest BCUT2D eigenvalue weighted by atomic mass is 9.91. The molecule has 1 aromatic heterocycles. The first-order chi connectivity index (χ1) is 12.4. The molecule has 1 aliphatic rings. The number of nitrogens with two attached hydrogens (primary N) is 1. The molecule has 2 aromatic carbocycles. The van der Waals surface area contributed by atoms with Gasteiger partial charge in [0.25, 0.3) is 0 Å². The minimum absolute atomic E-state index is 0.161. The summed E-state index contributed by atoms with van der Waals surface area (Å²) in [5.41, 5.74) is 12.6. The zero-order chi connectivity index (χ0) is 18.3. The topological polar surface area (TPSA) is 51.2 Å². The summed E-state index contributed by atoms with van der Waals surface area (Å²) in [6.07, 6.45) is 3.55. The lowest BCUT2D eigenvalue weighted by molar-refractivity contribution is 0.157. The van der Waals surface area contributed by atoms with E-state index in [1.807, 2.05) is 30.3 Å². The van der Waals surface area contributed by atoms with Crippen molar-refractivity contribution in [2.45, 2.75) is 57.7 Å². The predicted octanol–water partition coefficient (Wildman–Crippen LogP) is 4.28. The van der Waals surface area contributed by atoms with Crippen molar-refractivity contribution in [3.05, 3.63) is 70.9 Å². The van der Waals surface area contributed by atoms with Gasteiger partial charge in [0.15, 0.2) is 0 Å². The van der Waals surface area contributed by atoms with Crippen LogP contribution in [0.3, 0.4) is 0 Å². The summed E-state index contributed by atoms with van der Waals surface area (Å²) in [6, 6.07) is 16.6. The highest BCUT2D eigenvalue weighted by atomic mass is 16.3. The van der Waals surface area contributed by atoms with Crippen molar-refractivity contribution >= 4 is 10.9 Å². The van der Waals surface area contributed by atoms with Gasteiger partial charge in [-0.2, -0.15) is 0 Å². The van der Waals surface area contributed by atoms with Crippen LogP contribution in [0.5, 0.6) is 0 Å². The van der Waals surface area contributed by atoms with Gasteiger partial charge in [0, 0.05) is 22.1 Å². The fourth-order valence-electron chi connectivity index (χ4n) is 4.39. The number of hydrogen-bond donors (Lipinski definition) is 2. The zero-order valence-corrected chi connectivity index (χ0v) is 15.7. The third-order valence-electron chi connectivity index (χ3n) is 5.72. The fraction of sp³-hybridized carbons (Fsp3) is 0.391. The summed E-state index contributed by atoms with van der Waals surface area (Å²) in [7, 11) is 0. The quantitative estimate of drug-likeness (QED) is 0.694. The molecule has 2 unspecified atom stereocenters. The summed E-state index contributed by atoms with van der Waals surface area (Å²) in [5.74, 6) is 0. The number of nitrogens with zero attached hydrogens (tertiary/aromatic N) is 1. The van der Waals surface area contributed by atoms with E-state index < -0.39 is 6.10 Å². The van der Waals surface area contributed by atoms with E-state index in [0.717, 1.165) is 31.2 Å². The number of aryl methyl sites for hydroxylation is 1. The van der Waals surface area contributed by atoms with E-state index in [1.165, 1.54) is 27.7 Å². The zero-order valence-electron chi connectivity index (χ0n) is 15.7. The average Bonchev–Trinajstić information content (AvgIpc) is 2.77. The van der Waals surface area contributed by atoms with Crippen LogP contribution in [-0.4, -0.2) is 15.2 Å². The number of fused-ring (bicyclic) bond motifs is 3. The van der Waals surface area contributed by atoms with Gasteiger partial charge in [-0.05, 0) is 62.8 Å². The van der Waals surface area contributed by atoms with Crippen LogP contribution in [0.25, 0.3) is 10.9 Å². The minimum atomic E-state index is -0.510. The van der Waals surface area contributed by atoms with Gasteiger partial charge >= 0.3 is 0 Å². The number of aromatic nitrogens is 1. The molecule has 0 saturated carbocycles. The van der Waals surface area contributed by atoms with Crippen molar-refractivity contribution in [1.82, 2.24) is 4.57 Å². The molecule has 3 aromatic rings. The molecule has 0 amide bonds. The van der Waals surface area contributed by atoms with Crippen molar-refractivity contribution in [2.24, 2.45) is 5.73 Å². The Morgan fingerprint density at radius 2 is 1.96 bits per heavy atom. The van der Waals surface area contributed by atoms with Crippen LogP contribution in [-0.2, 0) is 19.4 Å². The van der Waals surface area contributed by atoms with Gasteiger partial charge in [-0.3, -0.25) is 0 Å². The molecule has 2 atom stereocenters. The lowest BCUT2D eigenvalue weighted by Gasteiger charge is -2.22. The Morgan fingerprint density at radius 3 is 2.73 bits per heavy atom. The molecule has 3 nitrogen and oxygen atoms in total. The highest BCUT2D eigenvalue weighted by Gasteiger charge is 2.29. The molecular formula is C23H28N2O. The molecule has 0 aliphatic heterocycles. The highest BCUT2D eigenvalue weighted by Crippen LogP contribution is 2.35. The second-order valence-corrected chi connectivity index (χ2v) is 8.17. The number of aliphatic hydroxyl groups excluding tert-OH is 1. The van der Waals surface area contributed by atoms with E-state index in [2.05, 4.69) is 36.6 Å². The Labute approximate surface area is 155 Å². The Hall–Kier alpha value is -2.10. The van der Waals surface area contributed by atoms with Crippen molar-refractivity contribution in [2.75, 3.05) is 0 Å². The first-order valence-corrected chi connectivity index (χ1v) is 9.57. The van der Waals surface area contributed by atoms with Crippen LogP contribution in [0, 0.1) is 6.92 Å². The Kier molecular flexibility index (Phi) is 4.37. The molecule has 0 fully saturated rings. The summed E-state index contributed by atoms with van der Waals surface area (Å²) in [6.45, 7) is 4.89. The van der Waals surface area contributed by atoms with Crippen molar-refractivity contribution in [1.29, 1.82) is 0 Å². The molecule has 0 spiro atoms. The lowest BCUT2D eigenvalue weighted by Crippen LogP contribution is -2.37. The largest absolute Gasteiger partial charge is 0.387 e. The van der Waals surface area contributed by atoms with Crippen molar-refractivity contribution < 1.29 is 5.11 Å². The van der Waals surface area contributed by atoms with Crippen LogP contribution < -0.4 is 5.73 Å². The average molecular weight is 348 g/mol. The summed E-state index contributed by atoms with van der Waals surface area (Å²) >= 11 is 0. The molecule has 3 N–H and O–H groups in total. The van der Waals surface area contributed by atoms with E-state index in [4.69, 9.17) is 5.73 Å². The van der Waals surface area contributed by atoms with Gasteiger partial charge in [-0.15, -0.1) is 0 Å². The van der Waals surface area contributed by atoms with E-state index in [9.17, 15) is 5.11 Å². The highest BCUT2D eigenvalue weighted by molar-refractivity contribution is 5.86. The number of rotatable bonds is 3. The van der Waals surface area contributed by atoms with E-state index >= 15 is 0 Å². The minimum Gasteiger partial charge on any atom is -0.387 e. The molecule has 0 radical (unpaired) electrons. The van der Waals surface area contributed by atoms with Gasteiger partial charge in [-0.1, -0.05) is 42.0 Å². The SMILES string of the molecule is Cc1ccc2c(c1)c1c(n2CC(O)c2ccccc2)CCCC(C)(N)C1. The summed E-state index contributed by atoms with van der Waals surface area (Å²) in [5, 5.41) is 12.1. The normalized spacial score (nSPS) is 21.4. The first kappa shape index (κ1) is 17.3. The Morgan fingerprint density at radius 1 is 1.19 bits per heavy atom. The van der Waals surface area contributed by atoms with Crippen LogP contribution in [0.2, 0.25) is 0 Å². The molecular weight excluding hydrogens is 320 g/mol. The van der Waals surface area contributed by atoms with Crippen molar-refractivity contribution in [3.8, 4) is 0 Å². The third kappa shape index (κ3) is 3.17. The molecule has 26 heavy (non-hydrogen) atoms. The summed E-state index contributed by atoms with van der Waals surface area (Å²) < 4.78 is 2.34. The molecule has 0 saturated heterocycles. The molecule has 3 heteroatoms. The van der Waals surface area contributed by atoms with E-state index in [1.54, 1.807) is 0 Å². The second kappa shape index (κ2) is 6.57. The summed E-state index contributed by atoms with van der Waals surface area (Å²) in [4.78, 5) is 0. The fourth-order valence-corrected chi connectivity index (χ4v) is 4.39. The predicted molar refractivity (Wildman–Crippen MR) is 107 cm³/mol. The number of aliphatic hydroxyl groups is 1. The first-order valence-electron chi connectivity index (χ1n) is 9.57. The molecule has 1 heterocycles. The smallest absolute Gasteiger partial charge is 0.0969 e. The van der Waals surface area contributed by atoms with Gasteiger partial charge in [0.05, 0.1) is 12.6 Å². The number of hydrogen-bond acceptors (Lipinski definition) is 2. The molecule has 1 aliphatic carbocycles. The Balaban J connectivity index is 1.83. The van der Waals surface area contributed by atoms with Gasteiger partial charge in [-0.25, -0.2) is 0 Å². The number of benzene rings is 2. The van der Waals surface area contributed by atoms with E-state index in [0.29, 0.717) is 6.54 Å². The van der Waals surface area contributed by atoms with Gasteiger partial charge in [0.1, 0.15) is 0 Å². The third-order valence-corrected chi connectivity index (χ3v) is 5.72. The van der Waals surface area contributed by atoms with Gasteiger partial charge in [0.2, 0.25) is 0 Å². The molecule has 136 valence electrons. The second-order valence-electron chi connectivity index (χ2n) is 8.17.